The van der Waals surface area contributed by atoms with Crippen molar-refractivity contribution in [3.8, 4) is 0 Å². The first-order valence-electron chi connectivity index (χ1n) is 6.26. The highest BCUT2D eigenvalue weighted by Crippen LogP contribution is 2.25. The van der Waals surface area contributed by atoms with Crippen LogP contribution >= 0.6 is 0 Å². The van der Waals surface area contributed by atoms with Gasteiger partial charge in [0.05, 0.1) is 11.3 Å². The molecule has 1 heterocycles. The second-order valence-corrected chi connectivity index (χ2v) is 6.91. The predicted octanol–water partition coefficient (Wildman–Crippen LogP) is 2.68. The molecule has 0 aliphatic carbocycles. The van der Waals surface area contributed by atoms with Crippen LogP contribution in [-0.4, -0.2) is 23.9 Å². The summed E-state index contributed by atoms with van der Waals surface area (Å²) in [6, 6.07) is 7.09. The van der Waals surface area contributed by atoms with E-state index in [1.807, 2.05) is 19.9 Å². The first-order chi connectivity index (χ1) is 8.88. The Morgan fingerprint density at radius 2 is 1.89 bits per heavy atom. The number of carbonyl (C=O) groups excluding carboxylic acids is 1. The Kier molecular flexibility index (Phi) is 3.49. The van der Waals surface area contributed by atoms with E-state index in [1.165, 1.54) is 10.2 Å². The summed E-state index contributed by atoms with van der Waals surface area (Å²) >= 11 is 0. The van der Waals surface area contributed by atoms with Crippen LogP contribution in [0.1, 0.15) is 31.1 Å². The summed E-state index contributed by atoms with van der Waals surface area (Å²) in [5.41, 5.74) is 1.04. The van der Waals surface area contributed by atoms with E-state index in [4.69, 9.17) is 0 Å². The van der Waals surface area contributed by atoms with E-state index in [-0.39, 0.29) is 17.5 Å². The van der Waals surface area contributed by atoms with Crippen molar-refractivity contribution in [3.05, 3.63) is 36.0 Å². The van der Waals surface area contributed by atoms with Gasteiger partial charge in [-0.2, -0.15) is 0 Å². The number of ketones is 1. The highest BCUT2D eigenvalue weighted by Gasteiger charge is 2.21. The number of aromatic nitrogens is 1. The monoisotopic (exact) mass is 279 g/mol. The second-order valence-electron chi connectivity index (χ2n) is 4.78. The molecule has 1 aromatic carbocycles. The summed E-state index contributed by atoms with van der Waals surface area (Å²) in [6.07, 6.45) is 1.45. The van der Waals surface area contributed by atoms with Gasteiger partial charge >= 0.3 is 0 Å². The minimum Gasteiger partial charge on any atom is -0.294 e. The maximum atomic E-state index is 12.2. The van der Waals surface area contributed by atoms with Gasteiger partial charge in [-0.25, -0.2) is 12.4 Å². The van der Waals surface area contributed by atoms with Crippen LogP contribution in [0, 0.1) is 5.92 Å². The lowest BCUT2D eigenvalue weighted by Crippen LogP contribution is -2.14. The van der Waals surface area contributed by atoms with Crippen molar-refractivity contribution >= 4 is 26.7 Å². The second kappa shape index (κ2) is 4.81. The van der Waals surface area contributed by atoms with Crippen molar-refractivity contribution in [3.63, 3.8) is 0 Å². The number of carbonyl (C=O) groups is 1. The normalized spacial score (nSPS) is 12.2. The third-order valence-corrected chi connectivity index (χ3v) is 4.76. The van der Waals surface area contributed by atoms with Gasteiger partial charge in [-0.1, -0.05) is 32.0 Å². The molecule has 0 aliphatic rings. The van der Waals surface area contributed by atoms with E-state index >= 15 is 0 Å². The van der Waals surface area contributed by atoms with Gasteiger partial charge in [0.15, 0.2) is 5.78 Å². The number of Topliss-reactive ketones (excluding diaryl/α,β-unsaturated/α-hetero) is 1. The smallest absolute Gasteiger partial charge is 0.238 e. The van der Waals surface area contributed by atoms with E-state index < -0.39 is 10.0 Å². The molecule has 0 fully saturated rings. The fourth-order valence-electron chi connectivity index (χ4n) is 2.03. The zero-order valence-corrected chi connectivity index (χ0v) is 12.1. The fourth-order valence-corrected chi connectivity index (χ4v) is 3.03. The van der Waals surface area contributed by atoms with E-state index in [0.717, 1.165) is 0 Å². The molecule has 102 valence electrons. The molecule has 0 saturated heterocycles. The number of para-hydroxylation sites is 1. The minimum atomic E-state index is -3.40. The SMILES string of the molecule is CCS(=O)(=O)n1cc(C(=O)C(C)C)c2ccccc21. The molecule has 0 unspecified atom stereocenters. The van der Waals surface area contributed by atoms with Crippen LogP contribution in [0.2, 0.25) is 0 Å². The van der Waals surface area contributed by atoms with Crippen LogP contribution in [0.15, 0.2) is 30.5 Å². The van der Waals surface area contributed by atoms with Crippen LogP contribution in [0.5, 0.6) is 0 Å². The molecular weight excluding hydrogens is 262 g/mol. The molecule has 4 nitrogen and oxygen atoms in total. The van der Waals surface area contributed by atoms with E-state index in [2.05, 4.69) is 0 Å². The molecule has 0 amide bonds. The molecule has 5 heteroatoms. The minimum absolute atomic E-state index is 0.000976. The van der Waals surface area contributed by atoms with Gasteiger partial charge in [0.1, 0.15) is 0 Å². The van der Waals surface area contributed by atoms with Gasteiger partial charge < -0.3 is 0 Å². The number of rotatable bonds is 4. The standard InChI is InChI=1S/C14H17NO3S/c1-4-19(17,18)15-9-12(14(16)10(2)3)11-7-5-6-8-13(11)15/h5-10H,4H2,1-3H3. The lowest BCUT2D eigenvalue weighted by Gasteiger charge is -2.03. The Balaban J connectivity index is 2.79. The van der Waals surface area contributed by atoms with Crippen LogP contribution in [0.3, 0.4) is 0 Å². The summed E-state index contributed by atoms with van der Waals surface area (Å²) in [6.45, 7) is 5.21. The van der Waals surface area contributed by atoms with Gasteiger partial charge in [-0.05, 0) is 13.0 Å². The van der Waals surface area contributed by atoms with Gasteiger partial charge in [0.2, 0.25) is 10.0 Å². The third kappa shape index (κ3) is 2.30. The molecule has 0 radical (unpaired) electrons. The highest BCUT2D eigenvalue weighted by molar-refractivity contribution is 7.90. The zero-order valence-electron chi connectivity index (χ0n) is 11.3. The van der Waals surface area contributed by atoms with Crippen molar-refractivity contribution in [2.24, 2.45) is 5.92 Å². The average Bonchev–Trinajstić information content (AvgIpc) is 2.78. The van der Waals surface area contributed by atoms with Crippen molar-refractivity contribution < 1.29 is 13.2 Å². The molecule has 19 heavy (non-hydrogen) atoms. The van der Waals surface area contributed by atoms with Crippen LogP contribution in [-0.2, 0) is 10.0 Å². The summed E-state index contributed by atoms with van der Waals surface area (Å²) in [4.78, 5) is 12.2. The third-order valence-electron chi connectivity index (χ3n) is 3.13. The molecule has 0 bridgehead atoms. The number of benzene rings is 1. The molecule has 0 atom stereocenters. The molecule has 2 aromatic rings. The largest absolute Gasteiger partial charge is 0.294 e. The molecule has 0 N–H and O–H groups in total. The van der Waals surface area contributed by atoms with Crippen molar-refractivity contribution in [1.82, 2.24) is 3.97 Å². The Morgan fingerprint density at radius 1 is 1.26 bits per heavy atom. The Hall–Kier alpha value is -1.62. The first kappa shape index (κ1) is 13.8. The summed E-state index contributed by atoms with van der Waals surface area (Å²) in [5.74, 6) is -0.203. The summed E-state index contributed by atoms with van der Waals surface area (Å²) in [7, 11) is -3.40. The number of hydrogen-bond acceptors (Lipinski definition) is 3. The molecular formula is C14H17NO3S. The Labute approximate surface area is 113 Å². The number of hydrogen-bond donors (Lipinski definition) is 0. The number of fused-ring (bicyclic) bond motifs is 1. The molecule has 0 spiro atoms. The van der Waals surface area contributed by atoms with Crippen LogP contribution in [0.25, 0.3) is 10.9 Å². The van der Waals surface area contributed by atoms with Crippen molar-refractivity contribution in [2.75, 3.05) is 5.75 Å². The molecule has 1 aromatic heterocycles. The topological polar surface area (TPSA) is 56.1 Å². The first-order valence-corrected chi connectivity index (χ1v) is 7.87. The average molecular weight is 279 g/mol. The maximum Gasteiger partial charge on any atom is 0.238 e. The summed E-state index contributed by atoms with van der Waals surface area (Å²) in [5, 5.41) is 0.693. The van der Waals surface area contributed by atoms with E-state index in [0.29, 0.717) is 16.5 Å². The fraction of sp³-hybridized carbons (Fsp3) is 0.357. The Morgan fingerprint density at radius 3 is 2.47 bits per heavy atom. The van der Waals surface area contributed by atoms with Crippen LogP contribution in [0.4, 0.5) is 0 Å². The highest BCUT2D eigenvalue weighted by atomic mass is 32.2. The summed E-state index contributed by atoms with van der Waals surface area (Å²) < 4.78 is 25.4. The van der Waals surface area contributed by atoms with Crippen LogP contribution < -0.4 is 0 Å². The molecule has 0 saturated carbocycles. The van der Waals surface area contributed by atoms with Gasteiger partial charge in [0.25, 0.3) is 0 Å². The molecule has 2 rings (SSSR count). The van der Waals surface area contributed by atoms with Gasteiger partial charge in [-0.15, -0.1) is 0 Å². The lowest BCUT2D eigenvalue weighted by molar-refractivity contribution is 0.0941. The van der Waals surface area contributed by atoms with Crippen molar-refractivity contribution in [2.45, 2.75) is 20.8 Å². The van der Waals surface area contributed by atoms with Crippen molar-refractivity contribution in [1.29, 1.82) is 0 Å². The quantitative estimate of drug-likeness (QED) is 0.808. The molecule has 0 aliphatic heterocycles. The predicted molar refractivity (Wildman–Crippen MR) is 76.0 cm³/mol. The number of nitrogens with zero attached hydrogens (tertiary/aromatic N) is 1. The van der Waals surface area contributed by atoms with E-state index in [1.54, 1.807) is 25.1 Å². The van der Waals surface area contributed by atoms with Gasteiger partial charge in [-0.3, -0.25) is 4.79 Å². The maximum absolute atomic E-state index is 12.2. The lowest BCUT2D eigenvalue weighted by atomic mass is 10.0. The Bertz CT molecular complexity index is 726. The van der Waals surface area contributed by atoms with E-state index in [9.17, 15) is 13.2 Å². The zero-order chi connectivity index (χ0) is 14.2. The van der Waals surface area contributed by atoms with Gasteiger partial charge in [0, 0.05) is 23.1 Å².